The Bertz CT molecular complexity index is 1760. The molecule has 5 aromatic rings. The van der Waals surface area contributed by atoms with Crippen LogP contribution in [0.1, 0.15) is 43.1 Å². The first-order chi connectivity index (χ1) is 18.9. The maximum atomic E-state index is 13.6. The molecule has 0 spiro atoms. The van der Waals surface area contributed by atoms with E-state index in [9.17, 15) is 4.79 Å². The molecule has 0 bridgehead atoms. The minimum atomic E-state index is -0.250. The Labute approximate surface area is 240 Å². The second-order valence-electron chi connectivity index (χ2n) is 9.26. The summed E-state index contributed by atoms with van der Waals surface area (Å²) in [5, 5.41) is 7.80. The van der Waals surface area contributed by atoms with Crippen molar-refractivity contribution < 1.29 is 9.47 Å². The number of fused-ring (bicyclic) bond motifs is 2. The van der Waals surface area contributed by atoms with Crippen LogP contribution in [0.3, 0.4) is 0 Å². The molecule has 8 heteroatoms. The predicted octanol–water partition coefficient (Wildman–Crippen LogP) is 7.95. The SMILES string of the molecule is CC[C@@H](C)c1nc2ccc(Br)cc2c(=O)n1N=Cc1cc(Cl)cc(OC)c1OCc1cccc2ccccc12. The summed E-state index contributed by atoms with van der Waals surface area (Å²) in [6, 6.07) is 23.2. The summed E-state index contributed by atoms with van der Waals surface area (Å²) in [6.45, 7) is 4.39. The number of rotatable bonds is 8. The van der Waals surface area contributed by atoms with Crippen molar-refractivity contribution in [2.75, 3.05) is 7.11 Å². The van der Waals surface area contributed by atoms with Gasteiger partial charge < -0.3 is 9.47 Å². The highest BCUT2D eigenvalue weighted by Crippen LogP contribution is 2.35. The van der Waals surface area contributed by atoms with E-state index in [1.165, 1.54) is 4.68 Å². The molecule has 0 fully saturated rings. The van der Waals surface area contributed by atoms with Gasteiger partial charge in [0.25, 0.3) is 5.56 Å². The lowest BCUT2D eigenvalue weighted by Gasteiger charge is -2.16. The van der Waals surface area contributed by atoms with Gasteiger partial charge in [0.15, 0.2) is 11.5 Å². The molecule has 0 unspecified atom stereocenters. The lowest BCUT2D eigenvalue weighted by molar-refractivity contribution is 0.285. The lowest BCUT2D eigenvalue weighted by atomic mass is 10.1. The minimum absolute atomic E-state index is 0.0128. The largest absolute Gasteiger partial charge is 0.493 e. The number of nitrogens with zero attached hydrogens (tertiary/aromatic N) is 3. The zero-order chi connectivity index (χ0) is 27.5. The number of methoxy groups -OCH3 is 1. The normalized spacial score (nSPS) is 12.3. The van der Waals surface area contributed by atoms with Crippen LogP contribution >= 0.6 is 27.5 Å². The summed E-state index contributed by atoms with van der Waals surface area (Å²) >= 11 is 9.88. The topological polar surface area (TPSA) is 65.7 Å². The maximum Gasteiger partial charge on any atom is 0.282 e. The Morgan fingerprint density at radius 1 is 1.08 bits per heavy atom. The molecule has 0 aliphatic carbocycles. The Balaban J connectivity index is 1.59. The monoisotopic (exact) mass is 603 g/mol. The van der Waals surface area contributed by atoms with E-state index in [0.29, 0.717) is 45.4 Å². The molecule has 6 nitrogen and oxygen atoms in total. The van der Waals surface area contributed by atoms with Crippen LogP contribution in [-0.2, 0) is 6.61 Å². The van der Waals surface area contributed by atoms with Crippen LogP contribution in [0, 0.1) is 0 Å². The van der Waals surface area contributed by atoms with Gasteiger partial charge in [0.05, 0.1) is 24.2 Å². The number of halogens is 2. The van der Waals surface area contributed by atoms with Crippen LogP contribution in [0.4, 0.5) is 0 Å². The summed E-state index contributed by atoms with van der Waals surface area (Å²) in [5.74, 6) is 1.55. The zero-order valence-corrected chi connectivity index (χ0v) is 24.2. The second-order valence-corrected chi connectivity index (χ2v) is 10.6. The number of hydrogen-bond acceptors (Lipinski definition) is 5. The average Bonchev–Trinajstić information content (AvgIpc) is 2.95. The fourth-order valence-electron chi connectivity index (χ4n) is 4.46. The third-order valence-electron chi connectivity index (χ3n) is 6.72. The molecular formula is C31H27BrClN3O3. The maximum absolute atomic E-state index is 13.6. The van der Waals surface area contributed by atoms with E-state index in [-0.39, 0.29) is 11.5 Å². The van der Waals surface area contributed by atoms with Gasteiger partial charge >= 0.3 is 0 Å². The van der Waals surface area contributed by atoms with Gasteiger partial charge in [-0.3, -0.25) is 4.79 Å². The van der Waals surface area contributed by atoms with Crippen molar-refractivity contribution in [3.63, 3.8) is 0 Å². The Hall–Kier alpha value is -3.68. The zero-order valence-electron chi connectivity index (χ0n) is 21.8. The summed E-state index contributed by atoms with van der Waals surface area (Å²) in [7, 11) is 1.56. The van der Waals surface area contributed by atoms with E-state index in [0.717, 1.165) is 27.2 Å². The quantitative estimate of drug-likeness (QED) is 0.169. The van der Waals surface area contributed by atoms with Crippen molar-refractivity contribution in [2.24, 2.45) is 5.10 Å². The lowest BCUT2D eigenvalue weighted by Crippen LogP contribution is -2.23. The Morgan fingerprint density at radius 2 is 1.87 bits per heavy atom. The summed E-state index contributed by atoms with van der Waals surface area (Å²) < 4.78 is 14.1. The second kappa shape index (κ2) is 11.6. The van der Waals surface area contributed by atoms with E-state index < -0.39 is 0 Å². The molecule has 0 saturated carbocycles. The summed E-state index contributed by atoms with van der Waals surface area (Å²) in [4.78, 5) is 18.3. The standard InChI is InChI=1S/C31H27BrClN3O3/c1-4-19(2)30-35-27-13-12-23(32)15-26(27)31(37)36(30)34-17-22-14-24(33)16-28(38-3)29(22)39-18-21-10-7-9-20-8-5-6-11-25(20)21/h5-17,19H,4,18H2,1-3H3/t19-/m1/s1. The van der Waals surface area contributed by atoms with Crippen molar-refractivity contribution in [1.29, 1.82) is 0 Å². The number of hydrogen-bond donors (Lipinski definition) is 0. The van der Waals surface area contributed by atoms with Gasteiger partial charge in [0.2, 0.25) is 0 Å². The predicted molar refractivity (Wildman–Crippen MR) is 162 cm³/mol. The van der Waals surface area contributed by atoms with Crippen LogP contribution in [0.15, 0.2) is 87.2 Å². The minimum Gasteiger partial charge on any atom is -0.493 e. The average molecular weight is 605 g/mol. The van der Waals surface area contributed by atoms with Crippen LogP contribution in [0.25, 0.3) is 21.7 Å². The Morgan fingerprint density at radius 3 is 2.67 bits per heavy atom. The van der Waals surface area contributed by atoms with E-state index in [4.69, 9.17) is 26.1 Å². The van der Waals surface area contributed by atoms with Crippen LogP contribution in [-0.4, -0.2) is 23.0 Å². The molecule has 5 rings (SSSR count). The molecule has 1 aromatic heterocycles. The molecule has 0 aliphatic heterocycles. The van der Waals surface area contributed by atoms with Gasteiger partial charge in [-0.2, -0.15) is 9.78 Å². The molecule has 4 aromatic carbocycles. The third kappa shape index (κ3) is 5.56. The first-order valence-electron chi connectivity index (χ1n) is 12.6. The van der Waals surface area contributed by atoms with Gasteiger partial charge in [-0.1, -0.05) is 83.8 Å². The van der Waals surface area contributed by atoms with Crippen molar-refractivity contribution in [3.8, 4) is 11.5 Å². The highest BCUT2D eigenvalue weighted by molar-refractivity contribution is 9.10. The van der Waals surface area contributed by atoms with Gasteiger partial charge in [0.1, 0.15) is 12.4 Å². The van der Waals surface area contributed by atoms with Crippen LogP contribution in [0.2, 0.25) is 5.02 Å². The summed E-state index contributed by atoms with van der Waals surface area (Å²) in [5.41, 5.74) is 2.00. The molecule has 0 amide bonds. The highest BCUT2D eigenvalue weighted by Gasteiger charge is 2.17. The van der Waals surface area contributed by atoms with Crippen molar-refractivity contribution in [2.45, 2.75) is 32.8 Å². The number of ether oxygens (including phenoxy) is 2. The fraction of sp³-hybridized carbons (Fsp3) is 0.194. The molecule has 39 heavy (non-hydrogen) atoms. The van der Waals surface area contributed by atoms with Crippen molar-refractivity contribution in [1.82, 2.24) is 9.66 Å². The number of benzene rings is 4. The molecule has 0 saturated heterocycles. The Kier molecular flexibility index (Phi) is 8.00. The molecule has 1 heterocycles. The molecule has 0 aliphatic rings. The first-order valence-corrected chi connectivity index (χ1v) is 13.8. The first kappa shape index (κ1) is 26.9. The number of aromatic nitrogens is 2. The smallest absolute Gasteiger partial charge is 0.282 e. The summed E-state index contributed by atoms with van der Waals surface area (Å²) in [6.07, 6.45) is 2.37. The molecule has 198 valence electrons. The van der Waals surface area contributed by atoms with Gasteiger partial charge in [-0.25, -0.2) is 4.98 Å². The third-order valence-corrected chi connectivity index (χ3v) is 7.43. The van der Waals surface area contributed by atoms with E-state index >= 15 is 0 Å². The van der Waals surface area contributed by atoms with Crippen LogP contribution in [0.5, 0.6) is 11.5 Å². The van der Waals surface area contributed by atoms with Gasteiger partial charge in [-0.15, -0.1) is 0 Å². The van der Waals surface area contributed by atoms with E-state index in [1.807, 2.05) is 43.3 Å². The van der Waals surface area contributed by atoms with E-state index in [1.54, 1.807) is 31.5 Å². The van der Waals surface area contributed by atoms with Crippen molar-refractivity contribution >= 4 is 55.4 Å². The van der Waals surface area contributed by atoms with Crippen LogP contribution < -0.4 is 15.0 Å². The van der Waals surface area contributed by atoms with Gasteiger partial charge in [0, 0.05) is 27.0 Å². The molecule has 0 radical (unpaired) electrons. The van der Waals surface area contributed by atoms with Gasteiger partial charge in [-0.05, 0) is 47.0 Å². The van der Waals surface area contributed by atoms with Crippen molar-refractivity contribution in [3.05, 3.63) is 110 Å². The molecule has 0 N–H and O–H groups in total. The fourth-order valence-corrected chi connectivity index (χ4v) is 5.04. The highest BCUT2D eigenvalue weighted by atomic mass is 79.9. The van der Waals surface area contributed by atoms with E-state index in [2.05, 4.69) is 46.2 Å². The molecular weight excluding hydrogens is 578 g/mol. The molecule has 1 atom stereocenters.